The summed E-state index contributed by atoms with van der Waals surface area (Å²) in [5.74, 6) is 0.858. The van der Waals surface area contributed by atoms with Crippen LogP contribution in [0.1, 0.15) is 36.8 Å². The lowest BCUT2D eigenvalue weighted by atomic mass is 9.92. The number of alkyl halides is 3. The number of carbonyl (C=O) groups is 1. The van der Waals surface area contributed by atoms with Gasteiger partial charge in [0.15, 0.2) is 0 Å². The molecule has 1 aromatic heterocycles. The van der Waals surface area contributed by atoms with Gasteiger partial charge in [-0.2, -0.15) is 13.2 Å². The molecule has 1 saturated carbocycles. The number of amides is 1. The quantitative estimate of drug-likeness (QED) is 0.293. The highest BCUT2D eigenvalue weighted by molar-refractivity contribution is 5.84. The Morgan fingerprint density at radius 2 is 1.78 bits per heavy atom. The fourth-order valence-electron chi connectivity index (χ4n) is 5.58. The minimum absolute atomic E-state index is 0.00656. The number of pyridine rings is 1. The van der Waals surface area contributed by atoms with Gasteiger partial charge < -0.3 is 19.9 Å². The van der Waals surface area contributed by atoms with Crippen LogP contribution in [0, 0.1) is 17.0 Å². The van der Waals surface area contributed by atoms with Crippen LogP contribution >= 0.6 is 0 Å². The highest BCUT2D eigenvalue weighted by atomic mass is 19.4. The number of benzene rings is 2. The van der Waals surface area contributed by atoms with Crippen LogP contribution in [0.4, 0.5) is 30.4 Å². The third-order valence-corrected chi connectivity index (χ3v) is 7.85. The number of aromatic nitrogens is 1. The summed E-state index contributed by atoms with van der Waals surface area (Å²) in [6.45, 7) is 4.61. The second-order valence-electron chi connectivity index (χ2n) is 10.6. The van der Waals surface area contributed by atoms with Gasteiger partial charge in [-0.15, -0.1) is 0 Å². The van der Waals surface area contributed by atoms with E-state index in [-0.39, 0.29) is 30.3 Å². The number of nitro groups is 1. The molecule has 3 aromatic rings. The Balaban J connectivity index is 1.06. The molecule has 0 radical (unpaired) electrons. The maximum atomic E-state index is 13.3. The molecule has 2 aromatic carbocycles. The number of carbonyl (C=O) groups excluding carboxylic acids is 1. The summed E-state index contributed by atoms with van der Waals surface area (Å²) in [4.78, 5) is 31.6. The molecule has 5 rings (SSSR count). The van der Waals surface area contributed by atoms with Crippen molar-refractivity contribution in [3.63, 3.8) is 0 Å². The molecule has 0 atom stereocenters. The topological polar surface area (TPSA) is 101 Å². The maximum absolute atomic E-state index is 13.3. The van der Waals surface area contributed by atoms with Crippen LogP contribution in [0.15, 0.2) is 48.5 Å². The highest BCUT2D eigenvalue weighted by Crippen LogP contribution is 2.38. The number of hydrogen-bond acceptors (Lipinski definition) is 7. The standard InChI is InChI=1S/C29H32F3N5O4/c1-19-16-27(34-25-5-3-2-4-23(19)25)35-12-14-36(15-13-35)28(38)18-41-22-9-6-20(7-10-22)33-21-8-11-26(37(39)40)24(17-21)29(30,31)32/h2-5,8,11,16-17,20,22,33H,6-7,9-10,12-15,18H2,1H3. The Morgan fingerprint density at radius 3 is 2.46 bits per heavy atom. The number of para-hydroxylation sites is 1. The van der Waals surface area contributed by atoms with Crippen molar-refractivity contribution in [2.45, 2.75) is 50.9 Å². The lowest BCUT2D eigenvalue weighted by Gasteiger charge is -2.36. The first-order chi connectivity index (χ1) is 19.6. The molecular formula is C29H32F3N5O4. The Hall–Kier alpha value is -3.93. The largest absolute Gasteiger partial charge is 0.423 e. The molecule has 2 aliphatic rings. The van der Waals surface area contributed by atoms with Crippen molar-refractivity contribution < 1.29 is 27.6 Å². The van der Waals surface area contributed by atoms with Crippen molar-refractivity contribution in [2.75, 3.05) is 43.0 Å². The number of ether oxygens (including phenoxy) is 1. The monoisotopic (exact) mass is 571 g/mol. The number of rotatable bonds is 7. The van der Waals surface area contributed by atoms with Crippen LogP contribution in [-0.4, -0.2) is 65.6 Å². The zero-order valence-corrected chi connectivity index (χ0v) is 22.7. The molecule has 1 amide bonds. The molecule has 9 nitrogen and oxygen atoms in total. The number of nitro benzene ring substituents is 1. The van der Waals surface area contributed by atoms with Crippen molar-refractivity contribution >= 4 is 34.0 Å². The van der Waals surface area contributed by atoms with Gasteiger partial charge in [0.2, 0.25) is 5.91 Å². The number of anilines is 2. The summed E-state index contributed by atoms with van der Waals surface area (Å²) in [6.07, 6.45) is -2.32. The van der Waals surface area contributed by atoms with E-state index in [1.54, 1.807) is 0 Å². The summed E-state index contributed by atoms with van der Waals surface area (Å²) in [5.41, 5.74) is 0.0780. The smallest absolute Gasteiger partial charge is 0.382 e. The molecule has 2 heterocycles. The third-order valence-electron chi connectivity index (χ3n) is 7.85. The van der Waals surface area contributed by atoms with Crippen molar-refractivity contribution in [2.24, 2.45) is 0 Å². The first-order valence-corrected chi connectivity index (χ1v) is 13.7. The van der Waals surface area contributed by atoms with Gasteiger partial charge in [0.1, 0.15) is 18.0 Å². The van der Waals surface area contributed by atoms with Crippen LogP contribution < -0.4 is 10.2 Å². The average Bonchev–Trinajstić information content (AvgIpc) is 2.96. The van der Waals surface area contributed by atoms with E-state index in [9.17, 15) is 28.1 Å². The maximum Gasteiger partial charge on any atom is 0.423 e. The van der Waals surface area contributed by atoms with E-state index in [2.05, 4.69) is 29.3 Å². The lowest BCUT2D eigenvalue weighted by Crippen LogP contribution is -2.50. The Labute approximate surface area is 235 Å². The van der Waals surface area contributed by atoms with Crippen molar-refractivity contribution in [1.29, 1.82) is 0 Å². The van der Waals surface area contributed by atoms with Crippen molar-refractivity contribution in [3.05, 3.63) is 69.8 Å². The summed E-state index contributed by atoms with van der Waals surface area (Å²) < 4.78 is 45.8. The van der Waals surface area contributed by atoms with E-state index in [1.807, 2.05) is 23.1 Å². The SMILES string of the molecule is Cc1cc(N2CCN(C(=O)COC3CCC(Nc4ccc([N+](=O)[O-])c(C(F)(F)F)c4)CC3)CC2)nc2ccccc12. The van der Waals surface area contributed by atoms with Crippen molar-refractivity contribution in [3.8, 4) is 0 Å². The zero-order chi connectivity index (χ0) is 29.1. The Bertz CT molecular complexity index is 1420. The van der Waals surface area contributed by atoms with E-state index >= 15 is 0 Å². The number of nitrogens with zero attached hydrogens (tertiary/aromatic N) is 4. The number of aryl methyl sites for hydroxylation is 1. The molecule has 1 saturated heterocycles. The molecule has 1 aliphatic carbocycles. The second-order valence-corrected chi connectivity index (χ2v) is 10.6. The predicted octanol–water partition coefficient (Wildman–Crippen LogP) is 5.56. The van der Waals surface area contributed by atoms with Gasteiger partial charge >= 0.3 is 6.18 Å². The Morgan fingerprint density at radius 1 is 1.07 bits per heavy atom. The van der Waals surface area contributed by atoms with Crippen LogP contribution in [0.25, 0.3) is 10.9 Å². The molecule has 0 spiro atoms. The third kappa shape index (κ3) is 6.70. The van der Waals surface area contributed by atoms with Crippen LogP contribution in [0.5, 0.6) is 0 Å². The van der Waals surface area contributed by atoms with Gasteiger partial charge in [0.25, 0.3) is 5.69 Å². The molecule has 1 aliphatic heterocycles. The van der Waals surface area contributed by atoms with Gasteiger partial charge in [-0.05, 0) is 62.4 Å². The predicted molar refractivity (Wildman–Crippen MR) is 149 cm³/mol. The van der Waals surface area contributed by atoms with E-state index in [1.165, 1.54) is 11.6 Å². The molecule has 218 valence electrons. The molecule has 0 bridgehead atoms. The molecule has 41 heavy (non-hydrogen) atoms. The second kappa shape index (κ2) is 11.9. The molecular weight excluding hydrogens is 539 g/mol. The van der Waals surface area contributed by atoms with Gasteiger partial charge in [0.05, 0.1) is 16.5 Å². The molecule has 1 N–H and O–H groups in total. The average molecular weight is 572 g/mol. The molecule has 0 unspecified atom stereocenters. The minimum Gasteiger partial charge on any atom is -0.382 e. The van der Waals surface area contributed by atoms with Gasteiger partial charge in [-0.1, -0.05) is 18.2 Å². The first kappa shape index (κ1) is 28.6. The Kier molecular flexibility index (Phi) is 8.30. The highest BCUT2D eigenvalue weighted by Gasteiger charge is 2.38. The summed E-state index contributed by atoms with van der Waals surface area (Å²) >= 11 is 0. The normalized spacial score (nSPS) is 19.8. The number of halogens is 3. The van der Waals surface area contributed by atoms with E-state index in [0.29, 0.717) is 51.9 Å². The van der Waals surface area contributed by atoms with Crippen LogP contribution in [0.3, 0.4) is 0 Å². The lowest BCUT2D eigenvalue weighted by molar-refractivity contribution is -0.388. The van der Waals surface area contributed by atoms with E-state index in [0.717, 1.165) is 28.9 Å². The zero-order valence-electron chi connectivity index (χ0n) is 22.7. The fourth-order valence-corrected chi connectivity index (χ4v) is 5.58. The summed E-state index contributed by atoms with van der Waals surface area (Å²) in [6, 6.07) is 13.0. The fraction of sp³-hybridized carbons (Fsp3) is 0.448. The molecule has 12 heteroatoms. The van der Waals surface area contributed by atoms with E-state index in [4.69, 9.17) is 9.72 Å². The number of fused-ring (bicyclic) bond motifs is 1. The van der Waals surface area contributed by atoms with Gasteiger partial charge in [-0.25, -0.2) is 4.98 Å². The summed E-state index contributed by atoms with van der Waals surface area (Å²) in [7, 11) is 0. The summed E-state index contributed by atoms with van der Waals surface area (Å²) in [5, 5.41) is 15.2. The van der Waals surface area contributed by atoms with Gasteiger partial charge in [-0.3, -0.25) is 14.9 Å². The number of piperazine rings is 1. The van der Waals surface area contributed by atoms with E-state index < -0.39 is 22.4 Å². The van der Waals surface area contributed by atoms with Crippen LogP contribution in [0.2, 0.25) is 0 Å². The van der Waals surface area contributed by atoms with Crippen LogP contribution in [-0.2, 0) is 15.7 Å². The minimum atomic E-state index is -4.82. The molecule has 2 fully saturated rings. The first-order valence-electron chi connectivity index (χ1n) is 13.7. The van der Waals surface area contributed by atoms with Crippen molar-refractivity contribution in [1.82, 2.24) is 9.88 Å². The number of hydrogen-bond donors (Lipinski definition) is 1. The number of nitrogens with one attached hydrogen (secondary N) is 1. The van der Waals surface area contributed by atoms with Gasteiger partial charge in [0, 0.05) is 49.4 Å².